The zero-order valence-corrected chi connectivity index (χ0v) is 13.7. The molecule has 0 N–H and O–H groups in total. The van der Waals surface area contributed by atoms with Gasteiger partial charge in [0.15, 0.2) is 5.82 Å². The molecule has 0 amide bonds. The molecule has 100 valence electrons. The van der Waals surface area contributed by atoms with Crippen molar-refractivity contribution in [3.8, 4) is 11.5 Å². The smallest absolute Gasteiger partial charge is 0.180 e. The Morgan fingerprint density at radius 3 is 2.47 bits per heavy atom. The van der Waals surface area contributed by atoms with E-state index >= 15 is 0 Å². The number of aryl methyl sites for hydroxylation is 2. The molecule has 0 aliphatic heterocycles. The maximum absolute atomic E-state index is 6.17. The quantitative estimate of drug-likeness (QED) is 0.744. The minimum atomic E-state index is 0.263. The number of nitrogens with zero attached hydrogens (tertiary/aromatic N) is 3. The van der Waals surface area contributed by atoms with Crippen LogP contribution in [0.1, 0.15) is 36.6 Å². The van der Waals surface area contributed by atoms with Crippen molar-refractivity contribution in [2.45, 2.75) is 33.6 Å². The second-order valence-electron chi connectivity index (χ2n) is 4.87. The molecule has 0 saturated heterocycles. The molecule has 0 aromatic carbocycles. The molecule has 5 heteroatoms. The second-order valence-corrected chi connectivity index (χ2v) is 6.02. The number of aromatic nitrogens is 3. The van der Waals surface area contributed by atoms with Crippen molar-refractivity contribution < 1.29 is 0 Å². The molecule has 0 atom stereocenters. The van der Waals surface area contributed by atoms with Crippen LogP contribution in [0.5, 0.6) is 0 Å². The topological polar surface area (TPSA) is 38.7 Å². The van der Waals surface area contributed by atoms with Gasteiger partial charge in [-0.05, 0) is 46.8 Å². The van der Waals surface area contributed by atoms with E-state index in [2.05, 4.69) is 50.8 Å². The number of halogens is 2. The Labute approximate surface area is 126 Å². The summed E-state index contributed by atoms with van der Waals surface area (Å²) in [6, 6.07) is 2.07. The number of pyridine rings is 1. The lowest BCUT2D eigenvalue weighted by atomic mass is 10.1. The lowest BCUT2D eigenvalue weighted by Gasteiger charge is -2.11. The van der Waals surface area contributed by atoms with E-state index < -0.39 is 0 Å². The Bertz CT molecular complexity index is 626. The maximum Gasteiger partial charge on any atom is 0.180 e. The Morgan fingerprint density at radius 2 is 1.89 bits per heavy atom. The van der Waals surface area contributed by atoms with Gasteiger partial charge in [0, 0.05) is 6.20 Å². The normalized spacial score (nSPS) is 11.1. The first-order chi connectivity index (χ1) is 8.90. The molecule has 0 aliphatic rings. The van der Waals surface area contributed by atoms with E-state index in [9.17, 15) is 0 Å². The predicted molar refractivity (Wildman–Crippen MR) is 81.5 cm³/mol. The molecule has 0 radical (unpaired) electrons. The summed E-state index contributed by atoms with van der Waals surface area (Å²) >= 11 is 9.61. The van der Waals surface area contributed by atoms with Crippen molar-refractivity contribution >= 4 is 27.5 Å². The van der Waals surface area contributed by atoms with Gasteiger partial charge in [0.2, 0.25) is 0 Å². The van der Waals surface area contributed by atoms with Crippen LogP contribution in [0.3, 0.4) is 0 Å². The highest BCUT2D eigenvalue weighted by Crippen LogP contribution is 2.31. The van der Waals surface area contributed by atoms with Gasteiger partial charge in [0.25, 0.3) is 0 Å². The Morgan fingerprint density at radius 1 is 1.21 bits per heavy atom. The SMILES string of the molecule is Cc1cnc(-c2nc(Cl)c(Br)c(C(C)C)n2)c(C)c1. The van der Waals surface area contributed by atoms with Crippen LogP contribution in [0.15, 0.2) is 16.7 Å². The van der Waals surface area contributed by atoms with Crippen LogP contribution in [-0.4, -0.2) is 15.0 Å². The molecule has 19 heavy (non-hydrogen) atoms. The number of rotatable bonds is 2. The van der Waals surface area contributed by atoms with Crippen LogP contribution in [0.2, 0.25) is 5.15 Å². The molecule has 3 nitrogen and oxygen atoms in total. The Kier molecular flexibility index (Phi) is 4.21. The molecule has 0 saturated carbocycles. The van der Waals surface area contributed by atoms with Gasteiger partial charge in [-0.1, -0.05) is 31.5 Å². The summed E-state index contributed by atoms with van der Waals surface area (Å²) in [6.07, 6.45) is 1.82. The Hall–Kier alpha value is -1.00. The highest BCUT2D eigenvalue weighted by Gasteiger charge is 2.16. The summed E-state index contributed by atoms with van der Waals surface area (Å²) < 4.78 is 0.762. The fourth-order valence-electron chi connectivity index (χ4n) is 1.87. The van der Waals surface area contributed by atoms with E-state index in [1.54, 1.807) is 0 Å². The average molecular weight is 341 g/mol. The van der Waals surface area contributed by atoms with Crippen LogP contribution in [0.4, 0.5) is 0 Å². The zero-order chi connectivity index (χ0) is 14.2. The molecule has 0 fully saturated rings. The minimum Gasteiger partial charge on any atom is -0.252 e. The fourth-order valence-corrected chi connectivity index (χ4v) is 2.69. The average Bonchev–Trinajstić information content (AvgIpc) is 2.32. The van der Waals surface area contributed by atoms with Crippen LogP contribution >= 0.6 is 27.5 Å². The zero-order valence-electron chi connectivity index (χ0n) is 11.3. The summed E-state index contributed by atoms with van der Waals surface area (Å²) in [7, 11) is 0. The van der Waals surface area contributed by atoms with E-state index in [1.807, 2.05) is 20.0 Å². The van der Waals surface area contributed by atoms with Crippen molar-refractivity contribution in [2.24, 2.45) is 0 Å². The second kappa shape index (κ2) is 5.55. The van der Waals surface area contributed by atoms with Gasteiger partial charge in [-0.2, -0.15) is 0 Å². The third kappa shape index (κ3) is 2.95. The molecule has 0 bridgehead atoms. The van der Waals surface area contributed by atoms with E-state index in [-0.39, 0.29) is 5.92 Å². The lowest BCUT2D eigenvalue weighted by molar-refractivity contribution is 0.808. The lowest BCUT2D eigenvalue weighted by Crippen LogP contribution is -2.02. The first kappa shape index (κ1) is 14.4. The van der Waals surface area contributed by atoms with Gasteiger partial charge >= 0.3 is 0 Å². The van der Waals surface area contributed by atoms with Gasteiger partial charge in [0.05, 0.1) is 10.2 Å². The van der Waals surface area contributed by atoms with Gasteiger partial charge < -0.3 is 0 Å². The van der Waals surface area contributed by atoms with Crippen LogP contribution < -0.4 is 0 Å². The van der Waals surface area contributed by atoms with Crippen LogP contribution in [-0.2, 0) is 0 Å². The third-order valence-corrected chi connectivity index (χ3v) is 4.09. The Balaban J connectivity index is 2.63. The highest BCUT2D eigenvalue weighted by atomic mass is 79.9. The van der Waals surface area contributed by atoms with Crippen molar-refractivity contribution in [3.05, 3.63) is 38.7 Å². The number of hydrogen-bond donors (Lipinski definition) is 0. The van der Waals surface area contributed by atoms with Crippen molar-refractivity contribution in [3.63, 3.8) is 0 Å². The van der Waals surface area contributed by atoms with E-state index in [0.717, 1.165) is 27.0 Å². The maximum atomic E-state index is 6.17. The predicted octanol–water partition coefficient (Wildman–Crippen LogP) is 4.69. The standard InChI is InChI=1S/C14H15BrClN3/c1-7(2)11-10(15)13(16)19-14(18-11)12-9(4)5-8(3)6-17-12/h5-7H,1-4H3. The molecule has 0 aliphatic carbocycles. The molecule has 2 aromatic heterocycles. The van der Waals surface area contributed by atoms with E-state index in [1.165, 1.54) is 0 Å². The minimum absolute atomic E-state index is 0.263. The van der Waals surface area contributed by atoms with Crippen molar-refractivity contribution in [1.82, 2.24) is 15.0 Å². The summed E-state index contributed by atoms with van der Waals surface area (Å²) in [6.45, 7) is 8.16. The van der Waals surface area contributed by atoms with Crippen molar-refractivity contribution in [2.75, 3.05) is 0 Å². The third-order valence-electron chi connectivity index (χ3n) is 2.81. The van der Waals surface area contributed by atoms with E-state index in [4.69, 9.17) is 11.6 Å². The van der Waals surface area contributed by atoms with Gasteiger partial charge in [-0.15, -0.1) is 0 Å². The molecule has 0 spiro atoms. The van der Waals surface area contributed by atoms with Gasteiger partial charge in [-0.25, -0.2) is 9.97 Å². The first-order valence-electron chi connectivity index (χ1n) is 6.06. The fraction of sp³-hybridized carbons (Fsp3) is 0.357. The molecular formula is C14H15BrClN3. The molecule has 2 heterocycles. The van der Waals surface area contributed by atoms with Crippen molar-refractivity contribution in [1.29, 1.82) is 0 Å². The van der Waals surface area contributed by atoms with Crippen LogP contribution in [0, 0.1) is 13.8 Å². The molecule has 2 rings (SSSR count). The van der Waals surface area contributed by atoms with Gasteiger partial charge in [-0.3, -0.25) is 4.98 Å². The first-order valence-corrected chi connectivity index (χ1v) is 7.23. The summed E-state index contributed by atoms with van der Waals surface area (Å²) in [4.78, 5) is 13.3. The molecule has 0 unspecified atom stereocenters. The van der Waals surface area contributed by atoms with Crippen LogP contribution in [0.25, 0.3) is 11.5 Å². The van der Waals surface area contributed by atoms with Gasteiger partial charge in [0.1, 0.15) is 10.8 Å². The summed E-state index contributed by atoms with van der Waals surface area (Å²) in [5, 5.41) is 0.426. The monoisotopic (exact) mass is 339 g/mol. The van der Waals surface area contributed by atoms with E-state index in [0.29, 0.717) is 11.0 Å². The largest absolute Gasteiger partial charge is 0.252 e. The molecule has 2 aromatic rings. The molecular weight excluding hydrogens is 326 g/mol. The summed E-state index contributed by atoms with van der Waals surface area (Å²) in [5.41, 5.74) is 3.85. The highest BCUT2D eigenvalue weighted by molar-refractivity contribution is 9.10. The number of hydrogen-bond acceptors (Lipinski definition) is 3. The summed E-state index contributed by atoms with van der Waals surface area (Å²) in [5.74, 6) is 0.841.